The first kappa shape index (κ1) is 16.2. The second-order valence-corrected chi connectivity index (χ2v) is 8.47. The maximum atomic E-state index is 12.4. The number of hydrogen-bond donors (Lipinski definition) is 1. The first-order valence-corrected chi connectivity index (χ1v) is 9.18. The van der Waals surface area contributed by atoms with Gasteiger partial charge in [-0.15, -0.1) is 11.3 Å². The summed E-state index contributed by atoms with van der Waals surface area (Å²) >= 11 is 7.47. The van der Waals surface area contributed by atoms with Crippen LogP contribution in [0.4, 0.5) is 0 Å². The van der Waals surface area contributed by atoms with E-state index in [1.54, 1.807) is 4.90 Å². The van der Waals surface area contributed by atoms with Gasteiger partial charge in [0.05, 0.1) is 17.4 Å². The lowest BCUT2D eigenvalue weighted by Crippen LogP contribution is -2.39. The lowest BCUT2D eigenvalue weighted by atomic mass is 9.78. The molecule has 1 amide bonds. The van der Waals surface area contributed by atoms with E-state index in [4.69, 9.17) is 17.3 Å². The molecule has 4 nitrogen and oxygen atoms in total. The number of carbonyl (C=O) groups is 1. The molecule has 1 aliphatic heterocycles. The fourth-order valence-electron chi connectivity index (χ4n) is 3.81. The number of thiophene rings is 1. The van der Waals surface area contributed by atoms with Gasteiger partial charge >= 0.3 is 0 Å². The van der Waals surface area contributed by atoms with E-state index in [1.165, 1.54) is 24.2 Å². The average Bonchev–Trinajstić information content (AvgIpc) is 3.05. The number of amides is 1. The number of nitrogens with two attached hydrogens (primary N) is 1. The number of halogens is 1. The third kappa shape index (κ3) is 3.65. The first-order valence-electron chi connectivity index (χ1n) is 7.99. The van der Waals surface area contributed by atoms with E-state index in [0.29, 0.717) is 31.0 Å². The summed E-state index contributed by atoms with van der Waals surface area (Å²) in [7, 11) is 1.87. The van der Waals surface area contributed by atoms with Crippen LogP contribution in [-0.4, -0.2) is 48.4 Å². The smallest absolute Gasteiger partial charge is 0.236 e. The summed E-state index contributed by atoms with van der Waals surface area (Å²) in [5.74, 6) is 1.46. The van der Waals surface area contributed by atoms with Crippen molar-refractivity contribution < 1.29 is 4.79 Å². The summed E-state index contributed by atoms with van der Waals surface area (Å²) in [4.78, 5) is 17.6. The van der Waals surface area contributed by atoms with Crippen molar-refractivity contribution >= 4 is 28.8 Å². The molecule has 0 aromatic carbocycles. The Kier molecular flexibility index (Phi) is 5.07. The van der Waals surface area contributed by atoms with Crippen LogP contribution in [0.5, 0.6) is 0 Å². The van der Waals surface area contributed by atoms with Gasteiger partial charge in [0.1, 0.15) is 0 Å². The van der Waals surface area contributed by atoms with Crippen molar-refractivity contribution in [1.29, 1.82) is 0 Å². The molecule has 22 heavy (non-hydrogen) atoms. The largest absolute Gasteiger partial charge is 0.340 e. The second-order valence-electron chi connectivity index (χ2n) is 6.67. The zero-order valence-electron chi connectivity index (χ0n) is 13.0. The third-order valence-corrected chi connectivity index (χ3v) is 6.25. The average molecular weight is 342 g/mol. The fourth-order valence-corrected chi connectivity index (χ4v) is 4.95. The highest BCUT2D eigenvalue weighted by Gasteiger charge is 2.39. The van der Waals surface area contributed by atoms with E-state index >= 15 is 0 Å². The van der Waals surface area contributed by atoms with Gasteiger partial charge in [-0.1, -0.05) is 18.0 Å². The standard InChI is InChI=1S/C16H24ClN3OS/c1-19(8-12-5-6-15(17)22-12)16(21)10-20-7-11-3-2-4-14(18)13(11)9-20/h5-6,11,13-14H,2-4,7-10,18H2,1H3. The Hall–Kier alpha value is -0.620. The van der Waals surface area contributed by atoms with Crippen molar-refractivity contribution in [2.45, 2.75) is 31.8 Å². The van der Waals surface area contributed by atoms with E-state index in [2.05, 4.69) is 4.90 Å². The Morgan fingerprint density at radius 1 is 1.45 bits per heavy atom. The number of hydrogen-bond acceptors (Lipinski definition) is 4. The van der Waals surface area contributed by atoms with E-state index in [-0.39, 0.29) is 5.91 Å². The molecule has 3 rings (SSSR count). The fraction of sp³-hybridized carbons (Fsp3) is 0.688. The number of rotatable bonds is 4. The molecule has 122 valence electrons. The predicted octanol–water partition coefficient (Wildman–Crippen LogP) is 2.42. The molecule has 0 bridgehead atoms. The van der Waals surface area contributed by atoms with Crippen LogP contribution in [0.25, 0.3) is 0 Å². The van der Waals surface area contributed by atoms with E-state index in [0.717, 1.165) is 28.7 Å². The minimum Gasteiger partial charge on any atom is -0.340 e. The Labute approximate surface area is 141 Å². The zero-order chi connectivity index (χ0) is 15.7. The molecule has 2 aliphatic rings. The van der Waals surface area contributed by atoms with E-state index in [1.807, 2.05) is 19.2 Å². The van der Waals surface area contributed by atoms with Crippen LogP contribution in [0.3, 0.4) is 0 Å². The molecular weight excluding hydrogens is 318 g/mol. The molecule has 3 unspecified atom stereocenters. The van der Waals surface area contributed by atoms with Crippen LogP contribution in [0.1, 0.15) is 24.1 Å². The van der Waals surface area contributed by atoms with Crippen molar-refractivity contribution in [2.24, 2.45) is 17.6 Å². The van der Waals surface area contributed by atoms with Gasteiger partial charge in [0, 0.05) is 31.1 Å². The maximum Gasteiger partial charge on any atom is 0.236 e. The van der Waals surface area contributed by atoms with Crippen LogP contribution in [0.15, 0.2) is 12.1 Å². The van der Waals surface area contributed by atoms with Crippen LogP contribution in [-0.2, 0) is 11.3 Å². The summed E-state index contributed by atoms with van der Waals surface area (Å²) in [5.41, 5.74) is 6.24. The van der Waals surface area contributed by atoms with Gasteiger partial charge in [0.15, 0.2) is 0 Å². The number of likely N-dealkylation sites (tertiary alicyclic amines) is 1. The van der Waals surface area contributed by atoms with Crippen LogP contribution >= 0.6 is 22.9 Å². The Morgan fingerprint density at radius 2 is 2.27 bits per heavy atom. The van der Waals surface area contributed by atoms with Gasteiger partial charge in [0.2, 0.25) is 5.91 Å². The normalized spacial score (nSPS) is 28.6. The summed E-state index contributed by atoms with van der Waals surface area (Å²) in [6.45, 7) is 3.16. The van der Waals surface area contributed by atoms with Crippen molar-refractivity contribution in [3.05, 3.63) is 21.3 Å². The van der Waals surface area contributed by atoms with Gasteiger partial charge < -0.3 is 10.6 Å². The van der Waals surface area contributed by atoms with Crippen LogP contribution in [0, 0.1) is 11.8 Å². The van der Waals surface area contributed by atoms with Gasteiger partial charge in [-0.05, 0) is 36.8 Å². The molecule has 3 atom stereocenters. The second kappa shape index (κ2) is 6.87. The minimum absolute atomic E-state index is 0.178. The lowest BCUT2D eigenvalue weighted by molar-refractivity contribution is -0.131. The highest BCUT2D eigenvalue weighted by Crippen LogP contribution is 2.35. The molecule has 1 saturated heterocycles. The molecule has 2 fully saturated rings. The zero-order valence-corrected chi connectivity index (χ0v) is 14.6. The molecule has 6 heteroatoms. The quantitative estimate of drug-likeness (QED) is 0.915. The van der Waals surface area contributed by atoms with Crippen molar-refractivity contribution in [2.75, 3.05) is 26.7 Å². The monoisotopic (exact) mass is 341 g/mol. The predicted molar refractivity (Wildman–Crippen MR) is 91.0 cm³/mol. The van der Waals surface area contributed by atoms with Gasteiger partial charge in [-0.2, -0.15) is 0 Å². The molecule has 2 heterocycles. The molecule has 0 spiro atoms. The summed E-state index contributed by atoms with van der Waals surface area (Å²) in [6.07, 6.45) is 3.65. The first-order chi connectivity index (χ1) is 10.5. The maximum absolute atomic E-state index is 12.4. The van der Waals surface area contributed by atoms with E-state index < -0.39 is 0 Å². The van der Waals surface area contributed by atoms with Crippen molar-refractivity contribution in [3.8, 4) is 0 Å². The van der Waals surface area contributed by atoms with Crippen LogP contribution < -0.4 is 5.73 Å². The number of likely N-dealkylation sites (N-methyl/N-ethyl adjacent to an activating group) is 1. The molecular formula is C16H24ClN3OS. The molecule has 1 aliphatic carbocycles. The van der Waals surface area contributed by atoms with Gasteiger partial charge in [0.25, 0.3) is 0 Å². The van der Waals surface area contributed by atoms with Crippen LogP contribution in [0.2, 0.25) is 4.34 Å². The molecule has 0 radical (unpaired) electrons. The highest BCUT2D eigenvalue weighted by molar-refractivity contribution is 7.16. The number of carbonyl (C=O) groups excluding carboxylic acids is 1. The SMILES string of the molecule is CN(Cc1ccc(Cl)s1)C(=O)CN1CC2CCCC(N)C2C1. The summed E-state index contributed by atoms with van der Waals surface area (Å²) < 4.78 is 0.772. The van der Waals surface area contributed by atoms with Gasteiger partial charge in [-0.3, -0.25) is 9.69 Å². The minimum atomic E-state index is 0.178. The Balaban J connectivity index is 1.51. The van der Waals surface area contributed by atoms with E-state index in [9.17, 15) is 4.79 Å². The summed E-state index contributed by atoms with van der Waals surface area (Å²) in [6, 6.07) is 4.19. The number of fused-ring (bicyclic) bond motifs is 1. The molecule has 1 saturated carbocycles. The van der Waals surface area contributed by atoms with Crippen molar-refractivity contribution in [1.82, 2.24) is 9.80 Å². The molecule has 2 N–H and O–H groups in total. The van der Waals surface area contributed by atoms with Crippen molar-refractivity contribution in [3.63, 3.8) is 0 Å². The highest BCUT2D eigenvalue weighted by atomic mass is 35.5. The Bertz CT molecular complexity index is 535. The molecule has 1 aromatic rings. The Morgan fingerprint density at radius 3 is 2.95 bits per heavy atom. The molecule has 1 aromatic heterocycles. The third-order valence-electron chi connectivity index (χ3n) is 5.04. The lowest BCUT2D eigenvalue weighted by Gasteiger charge is -2.29. The topological polar surface area (TPSA) is 49.6 Å². The summed E-state index contributed by atoms with van der Waals surface area (Å²) in [5, 5.41) is 0. The van der Waals surface area contributed by atoms with Gasteiger partial charge in [-0.25, -0.2) is 0 Å². The number of nitrogens with zero attached hydrogens (tertiary/aromatic N) is 2.